The molecule has 4 nitrogen and oxygen atoms in total. The quantitative estimate of drug-likeness (QED) is 0.741. The van der Waals surface area contributed by atoms with Gasteiger partial charge in [-0.1, -0.05) is 0 Å². The third-order valence-corrected chi connectivity index (χ3v) is 2.95. The summed E-state index contributed by atoms with van der Waals surface area (Å²) in [6, 6.07) is 4.73. The van der Waals surface area contributed by atoms with E-state index < -0.39 is 0 Å². The van der Waals surface area contributed by atoms with Gasteiger partial charge in [0.15, 0.2) is 0 Å². The largest absolute Gasteiger partial charge is 0.360 e. The molecular formula is C13H13FN4. The lowest BCUT2D eigenvalue weighted by atomic mass is 10.1. The van der Waals surface area contributed by atoms with E-state index in [2.05, 4.69) is 10.1 Å². The Labute approximate surface area is 103 Å². The van der Waals surface area contributed by atoms with Crippen LogP contribution in [0.25, 0.3) is 22.0 Å². The van der Waals surface area contributed by atoms with Crippen LogP contribution in [0.2, 0.25) is 0 Å². The number of aromatic amines is 1. The molecule has 0 amide bonds. The first-order valence-corrected chi connectivity index (χ1v) is 5.77. The molecule has 92 valence electrons. The Balaban J connectivity index is 2.07. The van der Waals surface area contributed by atoms with Crippen LogP contribution in [0.3, 0.4) is 0 Å². The van der Waals surface area contributed by atoms with E-state index in [0.29, 0.717) is 13.1 Å². The standard InChI is InChI=1S/C13H13FN4/c14-10-1-2-11-12(7-16-13(11)5-10)9-6-17-18(8-9)4-3-15/h1-2,5-8,16H,3-4,15H2. The minimum Gasteiger partial charge on any atom is -0.360 e. The van der Waals surface area contributed by atoms with Crippen molar-refractivity contribution in [1.29, 1.82) is 0 Å². The number of halogens is 1. The summed E-state index contributed by atoms with van der Waals surface area (Å²) >= 11 is 0. The number of hydrogen-bond acceptors (Lipinski definition) is 2. The van der Waals surface area contributed by atoms with Crippen molar-refractivity contribution in [1.82, 2.24) is 14.8 Å². The second-order valence-corrected chi connectivity index (χ2v) is 4.17. The highest BCUT2D eigenvalue weighted by Crippen LogP contribution is 2.28. The molecule has 2 heterocycles. The second-order valence-electron chi connectivity index (χ2n) is 4.17. The smallest absolute Gasteiger partial charge is 0.125 e. The van der Waals surface area contributed by atoms with Gasteiger partial charge in [0.2, 0.25) is 0 Å². The van der Waals surface area contributed by atoms with E-state index in [1.54, 1.807) is 16.9 Å². The molecule has 3 rings (SSSR count). The topological polar surface area (TPSA) is 59.6 Å². The van der Waals surface area contributed by atoms with Crippen molar-refractivity contribution in [3.8, 4) is 11.1 Å². The van der Waals surface area contributed by atoms with Gasteiger partial charge in [-0.25, -0.2) is 4.39 Å². The van der Waals surface area contributed by atoms with Gasteiger partial charge >= 0.3 is 0 Å². The average Bonchev–Trinajstić information content (AvgIpc) is 2.95. The first-order valence-electron chi connectivity index (χ1n) is 5.77. The molecule has 0 bridgehead atoms. The third-order valence-electron chi connectivity index (χ3n) is 2.95. The Morgan fingerprint density at radius 3 is 3.11 bits per heavy atom. The molecule has 5 heteroatoms. The number of nitrogens with zero attached hydrogens (tertiary/aromatic N) is 2. The SMILES string of the molecule is NCCn1cc(-c2c[nH]c3cc(F)ccc23)cn1. The van der Waals surface area contributed by atoms with E-state index in [1.807, 2.05) is 12.4 Å². The van der Waals surface area contributed by atoms with Crippen LogP contribution in [0.4, 0.5) is 4.39 Å². The van der Waals surface area contributed by atoms with Gasteiger partial charge in [0, 0.05) is 41.0 Å². The van der Waals surface area contributed by atoms with Crippen molar-refractivity contribution < 1.29 is 4.39 Å². The van der Waals surface area contributed by atoms with Crippen LogP contribution < -0.4 is 5.73 Å². The molecule has 0 spiro atoms. The van der Waals surface area contributed by atoms with Crippen molar-refractivity contribution in [2.75, 3.05) is 6.54 Å². The van der Waals surface area contributed by atoms with Gasteiger partial charge in [0.25, 0.3) is 0 Å². The Morgan fingerprint density at radius 2 is 2.28 bits per heavy atom. The van der Waals surface area contributed by atoms with Crippen LogP contribution in [-0.4, -0.2) is 21.3 Å². The monoisotopic (exact) mass is 244 g/mol. The molecule has 0 unspecified atom stereocenters. The molecule has 18 heavy (non-hydrogen) atoms. The van der Waals surface area contributed by atoms with E-state index in [0.717, 1.165) is 22.0 Å². The molecule has 0 atom stereocenters. The summed E-state index contributed by atoms with van der Waals surface area (Å²) in [7, 11) is 0. The van der Waals surface area contributed by atoms with Crippen molar-refractivity contribution in [2.45, 2.75) is 6.54 Å². The van der Waals surface area contributed by atoms with E-state index >= 15 is 0 Å². The van der Waals surface area contributed by atoms with Crippen molar-refractivity contribution >= 4 is 10.9 Å². The molecule has 0 saturated carbocycles. The fraction of sp³-hybridized carbons (Fsp3) is 0.154. The molecule has 0 aliphatic carbocycles. The molecule has 0 aliphatic heterocycles. The normalized spacial score (nSPS) is 11.2. The van der Waals surface area contributed by atoms with E-state index in [1.165, 1.54) is 12.1 Å². The lowest BCUT2D eigenvalue weighted by Crippen LogP contribution is -2.09. The van der Waals surface area contributed by atoms with Crippen molar-refractivity contribution in [3.63, 3.8) is 0 Å². The number of H-pyrrole nitrogens is 1. The van der Waals surface area contributed by atoms with Gasteiger partial charge in [-0.15, -0.1) is 0 Å². The van der Waals surface area contributed by atoms with Crippen LogP contribution >= 0.6 is 0 Å². The first kappa shape index (κ1) is 11.0. The highest BCUT2D eigenvalue weighted by molar-refractivity contribution is 5.95. The van der Waals surface area contributed by atoms with Crippen LogP contribution in [0.1, 0.15) is 0 Å². The summed E-state index contributed by atoms with van der Waals surface area (Å²) in [6.07, 6.45) is 5.61. The molecular weight excluding hydrogens is 231 g/mol. The second kappa shape index (κ2) is 4.27. The predicted molar refractivity (Wildman–Crippen MR) is 68.5 cm³/mol. The fourth-order valence-corrected chi connectivity index (χ4v) is 2.09. The number of rotatable bonds is 3. The van der Waals surface area contributed by atoms with Crippen LogP contribution in [0, 0.1) is 5.82 Å². The molecule has 3 aromatic rings. The maximum absolute atomic E-state index is 13.1. The number of nitrogens with two attached hydrogens (primary N) is 1. The summed E-state index contributed by atoms with van der Waals surface area (Å²) < 4.78 is 14.9. The van der Waals surface area contributed by atoms with Crippen LogP contribution in [0.5, 0.6) is 0 Å². The average molecular weight is 244 g/mol. The highest BCUT2D eigenvalue weighted by Gasteiger charge is 2.08. The van der Waals surface area contributed by atoms with Crippen LogP contribution in [0.15, 0.2) is 36.8 Å². The maximum Gasteiger partial charge on any atom is 0.125 e. The molecule has 1 aromatic carbocycles. The predicted octanol–water partition coefficient (Wildman–Crippen LogP) is 2.13. The maximum atomic E-state index is 13.1. The summed E-state index contributed by atoms with van der Waals surface area (Å²) in [5, 5.41) is 5.22. The lowest BCUT2D eigenvalue weighted by Gasteiger charge is -1.96. The molecule has 0 aliphatic rings. The molecule has 0 radical (unpaired) electrons. The van der Waals surface area contributed by atoms with E-state index in [4.69, 9.17) is 5.73 Å². The van der Waals surface area contributed by atoms with Crippen LogP contribution in [-0.2, 0) is 6.54 Å². The van der Waals surface area contributed by atoms with Gasteiger partial charge in [0.1, 0.15) is 5.82 Å². The minimum atomic E-state index is -0.241. The van der Waals surface area contributed by atoms with E-state index in [-0.39, 0.29) is 5.82 Å². The Kier molecular flexibility index (Phi) is 2.60. The zero-order chi connectivity index (χ0) is 12.5. The highest BCUT2D eigenvalue weighted by atomic mass is 19.1. The molecule has 0 fully saturated rings. The zero-order valence-corrected chi connectivity index (χ0v) is 9.73. The number of nitrogens with one attached hydrogen (secondary N) is 1. The van der Waals surface area contributed by atoms with Gasteiger partial charge in [-0.2, -0.15) is 5.10 Å². The minimum absolute atomic E-state index is 0.241. The van der Waals surface area contributed by atoms with Gasteiger partial charge in [-0.05, 0) is 18.2 Å². The van der Waals surface area contributed by atoms with Crippen molar-refractivity contribution in [2.24, 2.45) is 5.73 Å². The molecule has 0 saturated heterocycles. The third kappa shape index (κ3) is 1.78. The van der Waals surface area contributed by atoms with E-state index in [9.17, 15) is 4.39 Å². The summed E-state index contributed by atoms with van der Waals surface area (Å²) in [6.45, 7) is 1.25. The Bertz CT molecular complexity index is 683. The first-order chi connectivity index (χ1) is 8.78. The number of benzene rings is 1. The Hall–Kier alpha value is -2.14. The summed E-state index contributed by atoms with van der Waals surface area (Å²) in [5.41, 5.74) is 8.30. The van der Waals surface area contributed by atoms with Gasteiger partial charge < -0.3 is 10.7 Å². The Morgan fingerprint density at radius 1 is 1.39 bits per heavy atom. The number of aromatic nitrogens is 3. The fourth-order valence-electron chi connectivity index (χ4n) is 2.09. The molecule has 3 N–H and O–H groups in total. The molecule has 2 aromatic heterocycles. The van der Waals surface area contributed by atoms with Crippen molar-refractivity contribution in [3.05, 3.63) is 42.6 Å². The summed E-state index contributed by atoms with van der Waals surface area (Å²) in [5.74, 6) is -0.241. The number of hydrogen-bond donors (Lipinski definition) is 2. The number of fused-ring (bicyclic) bond motifs is 1. The lowest BCUT2D eigenvalue weighted by molar-refractivity contribution is 0.625. The zero-order valence-electron chi connectivity index (χ0n) is 9.73. The van der Waals surface area contributed by atoms with Gasteiger partial charge in [0.05, 0.1) is 12.7 Å². The van der Waals surface area contributed by atoms with Gasteiger partial charge in [-0.3, -0.25) is 4.68 Å². The summed E-state index contributed by atoms with van der Waals surface area (Å²) in [4.78, 5) is 3.07.